The number of carbonyl (C=O) groups is 1. The lowest BCUT2D eigenvalue weighted by Gasteiger charge is -2.33. The van der Waals surface area contributed by atoms with Crippen LogP contribution in [0.1, 0.15) is 4.88 Å². The quantitative estimate of drug-likeness (QED) is 0.873. The van der Waals surface area contributed by atoms with E-state index >= 15 is 0 Å². The minimum atomic E-state index is -0.253. The summed E-state index contributed by atoms with van der Waals surface area (Å²) in [5, 5.41) is 2.10. The van der Waals surface area contributed by atoms with E-state index in [1.54, 1.807) is 28.4 Å². The van der Waals surface area contributed by atoms with E-state index in [4.69, 9.17) is 4.74 Å². The van der Waals surface area contributed by atoms with Gasteiger partial charge in [-0.25, -0.2) is 4.79 Å². The number of rotatable bonds is 3. The van der Waals surface area contributed by atoms with E-state index in [2.05, 4.69) is 22.4 Å². The Morgan fingerprint density at radius 3 is 2.48 bits per heavy atom. The lowest BCUT2D eigenvalue weighted by atomic mass is 10.3. The number of nitrogens with zero attached hydrogens (tertiary/aromatic N) is 2. The first-order chi connectivity index (χ1) is 10.3. The molecule has 1 fully saturated rings. The Hall–Kier alpha value is -1.85. The van der Waals surface area contributed by atoms with Crippen molar-refractivity contribution in [2.45, 2.75) is 6.54 Å². The van der Waals surface area contributed by atoms with Crippen LogP contribution in [0.3, 0.4) is 0 Å². The molecule has 0 saturated carbocycles. The summed E-state index contributed by atoms with van der Waals surface area (Å²) in [6, 6.07) is 13.5. The molecule has 1 aromatic heterocycles. The first kappa shape index (κ1) is 14.1. The molecule has 0 N–H and O–H groups in total. The summed E-state index contributed by atoms with van der Waals surface area (Å²) in [5.74, 6) is 0.600. The van der Waals surface area contributed by atoms with Crippen LogP contribution in [-0.4, -0.2) is 42.1 Å². The first-order valence-electron chi connectivity index (χ1n) is 7.08. The highest BCUT2D eigenvalue weighted by Gasteiger charge is 2.22. The molecule has 2 heterocycles. The molecule has 1 aliphatic rings. The van der Waals surface area contributed by atoms with Crippen LogP contribution in [0.15, 0.2) is 47.8 Å². The number of ether oxygens (including phenoxy) is 1. The van der Waals surface area contributed by atoms with E-state index in [9.17, 15) is 4.79 Å². The minimum Gasteiger partial charge on any atom is -0.410 e. The zero-order valence-corrected chi connectivity index (χ0v) is 12.6. The van der Waals surface area contributed by atoms with Gasteiger partial charge < -0.3 is 9.64 Å². The van der Waals surface area contributed by atoms with E-state index in [-0.39, 0.29) is 6.09 Å². The number of carbonyl (C=O) groups excluding carboxylic acids is 1. The molecule has 0 spiro atoms. The molecule has 4 nitrogen and oxygen atoms in total. The van der Waals surface area contributed by atoms with Crippen LogP contribution in [0.5, 0.6) is 5.75 Å². The van der Waals surface area contributed by atoms with Crippen LogP contribution in [-0.2, 0) is 6.54 Å². The van der Waals surface area contributed by atoms with Gasteiger partial charge in [-0.3, -0.25) is 4.90 Å². The van der Waals surface area contributed by atoms with Crippen molar-refractivity contribution in [3.05, 3.63) is 52.7 Å². The molecule has 0 atom stereocenters. The van der Waals surface area contributed by atoms with E-state index in [0.717, 1.165) is 32.7 Å². The van der Waals surface area contributed by atoms with Gasteiger partial charge in [0.2, 0.25) is 0 Å². The van der Waals surface area contributed by atoms with Crippen LogP contribution in [0.25, 0.3) is 0 Å². The van der Waals surface area contributed by atoms with Gasteiger partial charge in [-0.2, -0.15) is 0 Å². The van der Waals surface area contributed by atoms with Gasteiger partial charge in [-0.05, 0) is 23.6 Å². The van der Waals surface area contributed by atoms with Gasteiger partial charge in [0.05, 0.1) is 0 Å². The van der Waals surface area contributed by atoms with Crippen LogP contribution in [0, 0.1) is 0 Å². The summed E-state index contributed by atoms with van der Waals surface area (Å²) in [6.45, 7) is 4.19. The second-order valence-electron chi connectivity index (χ2n) is 5.02. The highest BCUT2D eigenvalue weighted by atomic mass is 32.1. The summed E-state index contributed by atoms with van der Waals surface area (Å²) in [7, 11) is 0. The smallest absolute Gasteiger partial charge is 0.410 e. The molecule has 3 rings (SSSR count). The fraction of sp³-hybridized carbons (Fsp3) is 0.312. The Morgan fingerprint density at radius 1 is 1.05 bits per heavy atom. The maximum Gasteiger partial charge on any atom is 0.415 e. The van der Waals surface area contributed by atoms with E-state index in [0.29, 0.717) is 5.75 Å². The third-order valence-corrected chi connectivity index (χ3v) is 4.40. The van der Waals surface area contributed by atoms with Crippen molar-refractivity contribution < 1.29 is 9.53 Å². The third-order valence-electron chi connectivity index (χ3n) is 3.54. The van der Waals surface area contributed by atoms with Crippen molar-refractivity contribution in [2.75, 3.05) is 26.2 Å². The maximum atomic E-state index is 12.1. The molecule has 0 aliphatic carbocycles. The molecule has 0 unspecified atom stereocenters. The lowest BCUT2D eigenvalue weighted by molar-refractivity contribution is 0.108. The molecule has 0 bridgehead atoms. The fourth-order valence-corrected chi connectivity index (χ4v) is 3.11. The summed E-state index contributed by atoms with van der Waals surface area (Å²) >= 11 is 1.78. The Labute approximate surface area is 128 Å². The second-order valence-corrected chi connectivity index (χ2v) is 6.06. The van der Waals surface area contributed by atoms with E-state index in [1.807, 2.05) is 18.2 Å². The Kier molecular flexibility index (Phi) is 4.52. The normalized spacial score (nSPS) is 15.9. The van der Waals surface area contributed by atoms with Crippen LogP contribution in [0.2, 0.25) is 0 Å². The van der Waals surface area contributed by atoms with Gasteiger partial charge in [0.15, 0.2) is 0 Å². The van der Waals surface area contributed by atoms with Gasteiger partial charge in [0.1, 0.15) is 5.75 Å². The molecular weight excluding hydrogens is 284 g/mol. The number of hydrogen-bond acceptors (Lipinski definition) is 4. The minimum absolute atomic E-state index is 0.253. The molecule has 1 aromatic carbocycles. The summed E-state index contributed by atoms with van der Waals surface area (Å²) in [4.78, 5) is 17.6. The SMILES string of the molecule is O=C(Oc1ccccc1)N1CCN(Cc2cccs2)CC1. The summed E-state index contributed by atoms with van der Waals surface area (Å²) < 4.78 is 5.37. The largest absolute Gasteiger partial charge is 0.415 e. The average molecular weight is 302 g/mol. The molecule has 5 heteroatoms. The summed E-state index contributed by atoms with van der Waals surface area (Å²) in [6.07, 6.45) is -0.253. The Bertz CT molecular complexity index is 563. The van der Waals surface area contributed by atoms with Gasteiger partial charge >= 0.3 is 6.09 Å². The predicted molar refractivity (Wildman–Crippen MR) is 83.6 cm³/mol. The zero-order chi connectivity index (χ0) is 14.5. The van der Waals surface area contributed by atoms with E-state index in [1.165, 1.54) is 4.88 Å². The van der Waals surface area contributed by atoms with Crippen molar-refractivity contribution in [1.29, 1.82) is 0 Å². The molecular formula is C16H18N2O2S. The average Bonchev–Trinajstić information content (AvgIpc) is 3.02. The number of piperazine rings is 1. The second kappa shape index (κ2) is 6.74. The van der Waals surface area contributed by atoms with Crippen LogP contribution < -0.4 is 4.74 Å². The standard InChI is InChI=1S/C16H18N2O2S/c19-16(20-14-5-2-1-3-6-14)18-10-8-17(9-11-18)13-15-7-4-12-21-15/h1-7,12H,8-11,13H2. The number of amides is 1. The number of hydrogen-bond donors (Lipinski definition) is 0. The van der Waals surface area contributed by atoms with Gasteiger partial charge in [-0.1, -0.05) is 24.3 Å². The lowest BCUT2D eigenvalue weighted by Crippen LogP contribution is -2.49. The van der Waals surface area contributed by atoms with Crippen LogP contribution >= 0.6 is 11.3 Å². The molecule has 0 radical (unpaired) electrons. The maximum absolute atomic E-state index is 12.1. The number of thiophene rings is 1. The molecule has 1 amide bonds. The van der Waals surface area contributed by atoms with Gasteiger partial charge in [-0.15, -0.1) is 11.3 Å². The van der Waals surface area contributed by atoms with Crippen molar-refractivity contribution in [1.82, 2.24) is 9.80 Å². The first-order valence-corrected chi connectivity index (χ1v) is 7.96. The van der Waals surface area contributed by atoms with Crippen molar-refractivity contribution in [2.24, 2.45) is 0 Å². The van der Waals surface area contributed by atoms with Gasteiger partial charge in [0, 0.05) is 37.6 Å². The topological polar surface area (TPSA) is 32.8 Å². The Morgan fingerprint density at radius 2 is 1.81 bits per heavy atom. The van der Waals surface area contributed by atoms with Crippen molar-refractivity contribution in [3.63, 3.8) is 0 Å². The molecule has 21 heavy (non-hydrogen) atoms. The molecule has 1 saturated heterocycles. The number of benzene rings is 1. The monoisotopic (exact) mass is 302 g/mol. The van der Waals surface area contributed by atoms with Crippen LogP contribution in [0.4, 0.5) is 4.79 Å². The highest BCUT2D eigenvalue weighted by Crippen LogP contribution is 2.15. The van der Waals surface area contributed by atoms with Crippen molar-refractivity contribution in [3.8, 4) is 5.75 Å². The highest BCUT2D eigenvalue weighted by molar-refractivity contribution is 7.09. The zero-order valence-electron chi connectivity index (χ0n) is 11.8. The molecule has 2 aromatic rings. The third kappa shape index (κ3) is 3.83. The fourth-order valence-electron chi connectivity index (χ4n) is 2.37. The van der Waals surface area contributed by atoms with E-state index < -0.39 is 0 Å². The summed E-state index contributed by atoms with van der Waals surface area (Å²) in [5.41, 5.74) is 0. The molecule has 1 aliphatic heterocycles. The Balaban J connectivity index is 1.48. The number of para-hydroxylation sites is 1. The predicted octanol–water partition coefficient (Wildman–Crippen LogP) is 3.06. The van der Waals surface area contributed by atoms with Crippen molar-refractivity contribution >= 4 is 17.4 Å². The van der Waals surface area contributed by atoms with Gasteiger partial charge in [0.25, 0.3) is 0 Å². The molecule has 110 valence electrons.